The van der Waals surface area contributed by atoms with Gasteiger partial charge in [0.15, 0.2) is 5.11 Å². The van der Waals surface area contributed by atoms with Crippen molar-refractivity contribution in [3.05, 3.63) is 59.9 Å². The minimum Gasteiger partial charge on any atom is -0.368 e. The van der Waals surface area contributed by atoms with Crippen LogP contribution >= 0.6 is 12.2 Å². The number of nitrogens with zero attached hydrogens (tertiary/aromatic N) is 4. The molecule has 5 nitrogen and oxygen atoms in total. The van der Waals surface area contributed by atoms with Gasteiger partial charge < -0.3 is 9.80 Å². The number of anilines is 1. The first kappa shape index (κ1) is 20.1. The zero-order valence-corrected chi connectivity index (χ0v) is 16.1. The van der Waals surface area contributed by atoms with E-state index in [0.717, 1.165) is 11.8 Å². The molecule has 148 valence electrons. The van der Waals surface area contributed by atoms with Crippen LogP contribution in [-0.2, 0) is 6.18 Å². The average molecular weight is 407 g/mol. The van der Waals surface area contributed by atoms with Gasteiger partial charge in [-0.25, -0.2) is 0 Å². The van der Waals surface area contributed by atoms with Crippen LogP contribution in [0, 0.1) is 0 Å². The van der Waals surface area contributed by atoms with Crippen molar-refractivity contribution in [3.8, 4) is 0 Å². The van der Waals surface area contributed by atoms with Crippen LogP contribution in [0.5, 0.6) is 0 Å². The Balaban J connectivity index is 1.56. The first-order chi connectivity index (χ1) is 13.3. The van der Waals surface area contributed by atoms with Gasteiger partial charge in [0.25, 0.3) is 0 Å². The van der Waals surface area contributed by atoms with Crippen LogP contribution in [0.3, 0.4) is 0 Å². The number of halogens is 3. The van der Waals surface area contributed by atoms with E-state index in [4.69, 9.17) is 12.2 Å². The summed E-state index contributed by atoms with van der Waals surface area (Å²) in [6.45, 7) is 4.18. The highest BCUT2D eigenvalue weighted by atomic mass is 32.1. The van der Waals surface area contributed by atoms with Crippen LogP contribution in [0.4, 0.5) is 18.9 Å². The van der Waals surface area contributed by atoms with E-state index < -0.39 is 11.7 Å². The van der Waals surface area contributed by atoms with Crippen LogP contribution in [-0.4, -0.2) is 46.9 Å². The van der Waals surface area contributed by atoms with E-state index in [2.05, 4.69) is 15.5 Å². The molecular weight excluding hydrogens is 387 g/mol. The maximum absolute atomic E-state index is 12.9. The molecule has 0 radical (unpaired) electrons. The number of nitrogens with one attached hydrogen (secondary N) is 1. The second kappa shape index (κ2) is 8.55. The number of thiocarbonyl (C=S) groups is 1. The van der Waals surface area contributed by atoms with Gasteiger partial charge >= 0.3 is 6.18 Å². The maximum Gasteiger partial charge on any atom is 0.416 e. The van der Waals surface area contributed by atoms with E-state index in [1.807, 2.05) is 34.9 Å². The molecule has 0 atom stereocenters. The predicted octanol–water partition coefficient (Wildman–Crippen LogP) is 3.52. The van der Waals surface area contributed by atoms with Gasteiger partial charge in [0.2, 0.25) is 0 Å². The molecule has 0 bridgehead atoms. The topological polar surface area (TPSA) is 43.8 Å². The summed E-state index contributed by atoms with van der Waals surface area (Å²) in [4.78, 5) is 8.10. The first-order valence-electron chi connectivity index (χ1n) is 8.77. The molecule has 2 heterocycles. The summed E-state index contributed by atoms with van der Waals surface area (Å²) in [6, 6.07) is 11.0. The molecule has 0 unspecified atom stereocenters. The Kier molecular flexibility index (Phi) is 6.13. The second-order valence-electron chi connectivity index (χ2n) is 6.35. The number of piperazine rings is 1. The van der Waals surface area contributed by atoms with Crippen molar-refractivity contribution in [1.82, 2.24) is 15.3 Å². The third-order valence-electron chi connectivity index (χ3n) is 4.46. The van der Waals surface area contributed by atoms with Gasteiger partial charge in [0.05, 0.1) is 17.0 Å². The van der Waals surface area contributed by atoms with E-state index in [1.165, 1.54) is 12.1 Å². The van der Waals surface area contributed by atoms with Crippen molar-refractivity contribution in [3.63, 3.8) is 0 Å². The molecule has 0 spiro atoms. The number of pyridine rings is 1. The average Bonchev–Trinajstić information content (AvgIpc) is 2.72. The zero-order chi connectivity index (χ0) is 20.1. The van der Waals surface area contributed by atoms with Crippen molar-refractivity contribution < 1.29 is 13.2 Å². The third-order valence-corrected chi connectivity index (χ3v) is 4.81. The molecule has 0 aliphatic carbocycles. The Morgan fingerprint density at radius 2 is 1.86 bits per heavy atom. The van der Waals surface area contributed by atoms with Gasteiger partial charge in [-0.2, -0.15) is 18.3 Å². The first-order valence-corrected chi connectivity index (χ1v) is 9.18. The van der Waals surface area contributed by atoms with E-state index in [-0.39, 0.29) is 0 Å². The molecule has 28 heavy (non-hydrogen) atoms. The Morgan fingerprint density at radius 3 is 2.50 bits per heavy atom. The van der Waals surface area contributed by atoms with E-state index in [1.54, 1.807) is 12.3 Å². The number of alkyl halides is 3. The third kappa shape index (κ3) is 4.98. The zero-order valence-electron chi connectivity index (χ0n) is 15.3. The Bertz CT molecular complexity index is 846. The highest BCUT2D eigenvalue weighted by Gasteiger charge is 2.31. The van der Waals surface area contributed by atoms with Crippen molar-refractivity contribution >= 4 is 28.7 Å². The van der Waals surface area contributed by atoms with Gasteiger partial charge in [0, 0.05) is 38.1 Å². The van der Waals surface area contributed by atoms with Crippen molar-refractivity contribution in [2.24, 2.45) is 5.10 Å². The summed E-state index contributed by atoms with van der Waals surface area (Å²) in [6.07, 6.45) is -2.65. The lowest BCUT2D eigenvalue weighted by atomic mass is 10.1. The summed E-state index contributed by atoms with van der Waals surface area (Å²) in [5.41, 5.74) is 4.27. The van der Waals surface area contributed by atoms with E-state index >= 15 is 0 Å². The lowest BCUT2D eigenvalue weighted by Gasteiger charge is -2.37. The van der Waals surface area contributed by atoms with Crippen molar-refractivity contribution in [1.29, 1.82) is 0 Å². The maximum atomic E-state index is 12.9. The number of hydrogen-bond acceptors (Lipinski definition) is 4. The molecule has 3 rings (SSSR count). The van der Waals surface area contributed by atoms with E-state index in [9.17, 15) is 13.2 Å². The Hall–Kier alpha value is -2.68. The van der Waals surface area contributed by atoms with Crippen molar-refractivity contribution in [2.45, 2.75) is 13.1 Å². The number of hydrazone groups is 1. The monoisotopic (exact) mass is 407 g/mol. The molecule has 1 fully saturated rings. The second-order valence-corrected chi connectivity index (χ2v) is 6.74. The molecule has 1 N–H and O–H groups in total. The molecule has 1 saturated heterocycles. The molecule has 1 aromatic heterocycles. The van der Waals surface area contributed by atoms with Gasteiger partial charge in [0.1, 0.15) is 0 Å². The molecule has 1 aliphatic heterocycles. The fourth-order valence-corrected chi connectivity index (χ4v) is 3.11. The van der Waals surface area contributed by atoms with Crippen LogP contribution < -0.4 is 10.3 Å². The number of rotatable bonds is 3. The summed E-state index contributed by atoms with van der Waals surface area (Å²) < 4.78 is 38.7. The minimum absolute atomic E-state index is 0.485. The molecule has 9 heteroatoms. The van der Waals surface area contributed by atoms with E-state index in [0.29, 0.717) is 42.7 Å². The highest BCUT2D eigenvalue weighted by molar-refractivity contribution is 7.80. The Labute approximate surface area is 166 Å². The number of hydrogen-bond donors (Lipinski definition) is 1. The molecule has 1 aliphatic rings. The SMILES string of the molecule is C/C(=N\NC(=S)N1CCN(c2cccc(C(F)(F)F)c2)CC1)c1ccccn1. The standard InChI is InChI=1S/C19H20F3N5S/c1-14(17-7-2-3-8-23-17)24-25-18(28)27-11-9-26(10-12-27)16-6-4-5-15(13-16)19(20,21)22/h2-8,13H,9-12H2,1H3,(H,25,28)/b24-14+. The molecular formula is C19H20F3N5S. The van der Waals surface area contributed by atoms with Gasteiger partial charge in [-0.3, -0.25) is 10.4 Å². The quantitative estimate of drug-likeness (QED) is 0.479. The lowest BCUT2D eigenvalue weighted by Crippen LogP contribution is -2.51. The van der Waals surface area contributed by atoms with Crippen molar-refractivity contribution in [2.75, 3.05) is 31.1 Å². The highest BCUT2D eigenvalue weighted by Crippen LogP contribution is 2.31. The smallest absolute Gasteiger partial charge is 0.368 e. The predicted molar refractivity (Wildman–Crippen MR) is 107 cm³/mol. The number of benzene rings is 1. The number of aromatic nitrogens is 1. The molecule has 0 saturated carbocycles. The Morgan fingerprint density at radius 1 is 1.11 bits per heavy atom. The summed E-state index contributed by atoms with van der Waals surface area (Å²) in [5.74, 6) is 0. The van der Waals surface area contributed by atoms with Crippen LogP contribution in [0.25, 0.3) is 0 Å². The molecule has 1 aromatic carbocycles. The van der Waals surface area contributed by atoms with Gasteiger partial charge in [-0.05, 0) is 49.5 Å². The van der Waals surface area contributed by atoms with Crippen LogP contribution in [0.2, 0.25) is 0 Å². The largest absolute Gasteiger partial charge is 0.416 e. The van der Waals surface area contributed by atoms with Crippen LogP contribution in [0.15, 0.2) is 53.8 Å². The summed E-state index contributed by atoms with van der Waals surface area (Å²) >= 11 is 5.39. The lowest BCUT2D eigenvalue weighted by molar-refractivity contribution is -0.137. The van der Waals surface area contributed by atoms with Gasteiger partial charge in [-0.15, -0.1) is 0 Å². The summed E-state index contributed by atoms with van der Waals surface area (Å²) in [5, 5.41) is 4.75. The fourth-order valence-electron chi connectivity index (χ4n) is 2.88. The summed E-state index contributed by atoms with van der Waals surface area (Å²) in [7, 11) is 0. The van der Waals surface area contributed by atoms with Gasteiger partial charge in [-0.1, -0.05) is 12.1 Å². The molecule has 2 aromatic rings. The van der Waals surface area contributed by atoms with Crippen LogP contribution in [0.1, 0.15) is 18.2 Å². The minimum atomic E-state index is -4.34. The normalized spacial score (nSPS) is 15.5. The molecule has 0 amide bonds. The fraction of sp³-hybridized carbons (Fsp3) is 0.316.